The van der Waals surface area contributed by atoms with Gasteiger partial charge in [0.2, 0.25) is 5.95 Å². The van der Waals surface area contributed by atoms with Gasteiger partial charge < -0.3 is 9.64 Å². The van der Waals surface area contributed by atoms with E-state index in [4.69, 9.17) is 4.74 Å². The summed E-state index contributed by atoms with van der Waals surface area (Å²) >= 11 is 0. The predicted molar refractivity (Wildman–Crippen MR) is 106 cm³/mol. The lowest BCUT2D eigenvalue weighted by Gasteiger charge is -2.47. The summed E-state index contributed by atoms with van der Waals surface area (Å²) in [5, 5.41) is 13.5. The molecule has 2 aliphatic rings. The van der Waals surface area contributed by atoms with Crippen LogP contribution in [-0.4, -0.2) is 50.3 Å². The monoisotopic (exact) mass is 372 g/mol. The fourth-order valence-electron chi connectivity index (χ4n) is 5.08. The second-order valence-electron chi connectivity index (χ2n) is 9.83. The molecule has 148 valence electrons. The van der Waals surface area contributed by atoms with Crippen molar-refractivity contribution in [1.29, 1.82) is 0 Å². The molecular formula is C20H32N6O. The minimum absolute atomic E-state index is 0.237. The van der Waals surface area contributed by atoms with Gasteiger partial charge in [-0.3, -0.25) is 9.25 Å². The zero-order chi connectivity index (χ0) is 19.2. The highest BCUT2D eigenvalue weighted by Gasteiger charge is 2.39. The van der Waals surface area contributed by atoms with Crippen LogP contribution in [0.5, 0.6) is 0 Å². The molecule has 2 aromatic rings. The van der Waals surface area contributed by atoms with Crippen molar-refractivity contribution in [3.8, 4) is 11.4 Å². The number of aryl methyl sites for hydroxylation is 1. The standard InChI is InChI=1S/C20H32N6O/c1-19(2)12-20(3,4)14-25(13-19)18-23-22-17(15-9-21-24(5)10-15)26(18)11-16-7-6-8-27-16/h9-10,16H,6-8,11-14H2,1-5H3. The molecule has 0 saturated carbocycles. The molecule has 4 rings (SSSR count). The van der Waals surface area contributed by atoms with Crippen molar-refractivity contribution in [3.63, 3.8) is 0 Å². The van der Waals surface area contributed by atoms with Gasteiger partial charge in [0.15, 0.2) is 5.82 Å². The predicted octanol–water partition coefficient (Wildman–Crippen LogP) is 3.12. The Hall–Kier alpha value is -1.89. The Morgan fingerprint density at radius 3 is 2.48 bits per heavy atom. The zero-order valence-corrected chi connectivity index (χ0v) is 17.3. The average molecular weight is 373 g/mol. The van der Waals surface area contributed by atoms with Crippen LogP contribution < -0.4 is 4.90 Å². The molecule has 4 heterocycles. The molecule has 2 aromatic heterocycles. The van der Waals surface area contributed by atoms with Gasteiger partial charge in [0.25, 0.3) is 0 Å². The zero-order valence-electron chi connectivity index (χ0n) is 17.3. The highest BCUT2D eigenvalue weighted by molar-refractivity contribution is 5.56. The van der Waals surface area contributed by atoms with Crippen molar-refractivity contribution in [3.05, 3.63) is 12.4 Å². The van der Waals surface area contributed by atoms with E-state index in [1.807, 2.05) is 24.1 Å². The summed E-state index contributed by atoms with van der Waals surface area (Å²) in [7, 11) is 1.93. The summed E-state index contributed by atoms with van der Waals surface area (Å²) in [6.07, 6.45) is 7.55. The molecule has 1 unspecified atom stereocenters. The van der Waals surface area contributed by atoms with Crippen LogP contribution in [0, 0.1) is 10.8 Å². The topological polar surface area (TPSA) is 61.0 Å². The van der Waals surface area contributed by atoms with Gasteiger partial charge in [-0.1, -0.05) is 27.7 Å². The first-order valence-electron chi connectivity index (χ1n) is 10.0. The third-order valence-electron chi connectivity index (χ3n) is 5.58. The average Bonchev–Trinajstić information content (AvgIpc) is 3.25. The number of nitrogens with zero attached hydrogens (tertiary/aromatic N) is 6. The van der Waals surface area contributed by atoms with Crippen LogP contribution in [0.3, 0.4) is 0 Å². The first-order chi connectivity index (χ1) is 12.7. The first kappa shape index (κ1) is 18.5. The van der Waals surface area contributed by atoms with E-state index >= 15 is 0 Å². The lowest BCUT2D eigenvalue weighted by molar-refractivity contribution is 0.0969. The summed E-state index contributed by atoms with van der Waals surface area (Å²) < 4.78 is 10.00. The molecule has 0 aliphatic carbocycles. The smallest absolute Gasteiger partial charge is 0.227 e. The Bertz CT molecular complexity index is 783. The molecule has 7 heteroatoms. The maximum atomic E-state index is 5.93. The van der Waals surface area contributed by atoms with E-state index in [0.29, 0.717) is 0 Å². The van der Waals surface area contributed by atoms with Crippen molar-refractivity contribution in [2.75, 3.05) is 24.6 Å². The highest BCUT2D eigenvalue weighted by Crippen LogP contribution is 2.41. The minimum atomic E-state index is 0.237. The number of piperidine rings is 1. The van der Waals surface area contributed by atoms with E-state index in [1.54, 1.807) is 0 Å². The van der Waals surface area contributed by atoms with Gasteiger partial charge in [-0.05, 0) is 30.1 Å². The quantitative estimate of drug-likeness (QED) is 0.825. The van der Waals surface area contributed by atoms with Crippen LogP contribution in [-0.2, 0) is 18.3 Å². The fourth-order valence-corrected chi connectivity index (χ4v) is 5.08. The Morgan fingerprint density at radius 2 is 1.89 bits per heavy atom. The SMILES string of the molecule is Cn1cc(-c2nnc(N3CC(C)(C)CC(C)(C)C3)n2CC2CCCO2)cn1. The summed E-state index contributed by atoms with van der Waals surface area (Å²) in [5.74, 6) is 1.85. The van der Waals surface area contributed by atoms with Gasteiger partial charge in [0.05, 0.1) is 24.4 Å². The summed E-state index contributed by atoms with van der Waals surface area (Å²) in [6.45, 7) is 13.0. The Labute approximate surface area is 161 Å². The molecule has 1 atom stereocenters. The molecular weight excluding hydrogens is 340 g/mol. The molecule has 2 saturated heterocycles. The Kier molecular flexibility index (Phi) is 4.53. The van der Waals surface area contributed by atoms with E-state index in [0.717, 1.165) is 56.4 Å². The van der Waals surface area contributed by atoms with Crippen LogP contribution in [0.15, 0.2) is 12.4 Å². The minimum Gasteiger partial charge on any atom is -0.376 e. The van der Waals surface area contributed by atoms with Crippen LogP contribution in [0.2, 0.25) is 0 Å². The van der Waals surface area contributed by atoms with Crippen LogP contribution in [0.25, 0.3) is 11.4 Å². The van der Waals surface area contributed by atoms with Gasteiger partial charge in [-0.25, -0.2) is 0 Å². The largest absolute Gasteiger partial charge is 0.376 e. The van der Waals surface area contributed by atoms with Gasteiger partial charge >= 0.3 is 0 Å². The third kappa shape index (κ3) is 3.88. The lowest BCUT2D eigenvalue weighted by atomic mass is 9.71. The second kappa shape index (κ2) is 6.62. The molecule has 7 nitrogen and oxygen atoms in total. The van der Waals surface area contributed by atoms with Crippen molar-refractivity contribution in [1.82, 2.24) is 24.5 Å². The van der Waals surface area contributed by atoms with Crippen molar-refractivity contribution in [2.24, 2.45) is 17.9 Å². The number of hydrogen-bond acceptors (Lipinski definition) is 5. The fraction of sp³-hybridized carbons (Fsp3) is 0.750. The molecule has 0 bridgehead atoms. The molecule has 0 spiro atoms. The summed E-state index contributed by atoms with van der Waals surface area (Å²) in [4.78, 5) is 2.42. The van der Waals surface area contributed by atoms with Crippen LogP contribution in [0.4, 0.5) is 5.95 Å². The van der Waals surface area contributed by atoms with Crippen molar-refractivity contribution < 1.29 is 4.74 Å². The van der Waals surface area contributed by atoms with Gasteiger partial charge in [-0.2, -0.15) is 5.10 Å². The van der Waals surface area contributed by atoms with E-state index < -0.39 is 0 Å². The Morgan fingerprint density at radius 1 is 1.15 bits per heavy atom. The lowest BCUT2D eigenvalue weighted by Crippen LogP contribution is -2.49. The number of anilines is 1. The molecule has 27 heavy (non-hydrogen) atoms. The van der Waals surface area contributed by atoms with E-state index in [1.165, 1.54) is 6.42 Å². The normalized spacial score (nSPS) is 24.5. The highest BCUT2D eigenvalue weighted by atomic mass is 16.5. The van der Waals surface area contributed by atoms with E-state index in [2.05, 4.69) is 52.5 Å². The maximum absolute atomic E-state index is 5.93. The molecule has 0 radical (unpaired) electrons. The molecule has 2 aliphatic heterocycles. The number of rotatable bonds is 4. The molecule has 0 aromatic carbocycles. The number of hydrogen-bond donors (Lipinski definition) is 0. The number of aromatic nitrogens is 5. The number of ether oxygens (including phenoxy) is 1. The van der Waals surface area contributed by atoms with Crippen molar-refractivity contribution in [2.45, 2.75) is 59.6 Å². The van der Waals surface area contributed by atoms with E-state index in [9.17, 15) is 0 Å². The first-order valence-corrected chi connectivity index (χ1v) is 10.0. The third-order valence-corrected chi connectivity index (χ3v) is 5.58. The van der Waals surface area contributed by atoms with Gasteiger partial charge in [-0.15, -0.1) is 10.2 Å². The molecule has 0 amide bonds. The van der Waals surface area contributed by atoms with Crippen molar-refractivity contribution >= 4 is 5.95 Å². The maximum Gasteiger partial charge on any atom is 0.227 e. The summed E-state index contributed by atoms with van der Waals surface area (Å²) in [5.41, 5.74) is 1.50. The van der Waals surface area contributed by atoms with Crippen LogP contribution in [0.1, 0.15) is 47.0 Å². The van der Waals surface area contributed by atoms with E-state index in [-0.39, 0.29) is 16.9 Å². The van der Waals surface area contributed by atoms with Crippen LogP contribution >= 0.6 is 0 Å². The molecule has 0 N–H and O–H groups in total. The molecule has 2 fully saturated rings. The second-order valence-corrected chi connectivity index (χ2v) is 9.83. The Balaban J connectivity index is 1.72. The van der Waals surface area contributed by atoms with Gasteiger partial charge in [0.1, 0.15) is 0 Å². The summed E-state index contributed by atoms with van der Waals surface area (Å²) in [6, 6.07) is 0. The van der Waals surface area contributed by atoms with Gasteiger partial charge in [0, 0.05) is 32.9 Å².